The second-order valence-corrected chi connectivity index (χ2v) is 7.40. The van der Waals surface area contributed by atoms with Crippen molar-refractivity contribution in [2.75, 3.05) is 17.6 Å². The number of hydrogen-bond acceptors (Lipinski definition) is 3. The molecule has 0 aliphatic carbocycles. The van der Waals surface area contributed by atoms with Crippen LogP contribution >= 0.6 is 0 Å². The molecule has 2 rings (SSSR count). The standard InChI is InChI=1S/C17H21NO2S/c1-3-21(19,20)17-11-9-16(10-12-17)18-13-14(2)15-7-5-4-6-8-15/h4-12,14,18H,3,13H2,1-2H3. The molecule has 0 aliphatic heterocycles. The molecule has 0 amide bonds. The van der Waals surface area contributed by atoms with E-state index in [0.717, 1.165) is 12.2 Å². The summed E-state index contributed by atoms with van der Waals surface area (Å²) in [4.78, 5) is 0.381. The molecule has 0 spiro atoms. The maximum Gasteiger partial charge on any atom is 0.178 e. The summed E-state index contributed by atoms with van der Waals surface area (Å²) in [5.74, 6) is 0.524. The molecule has 0 saturated carbocycles. The minimum absolute atomic E-state index is 0.130. The van der Waals surface area contributed by atoms with Crippen LogP contribution in [0.2, 0.25) is 0 Å². The molecular formula is C17H21NO2S. The van der Waals surface area contributed by atoms with E-state index in [1.807, 2.05) is 30.3 Å². The topological polar surface area (TPSA) is 46.2 Å². The van der Waals surface area contributed by atoms with Gasteiger partial charge in [0, 0.05) is 12.2 Å². The summed E-state index contributed by atoms with van der Waals surface area (Å²) < 4.78 is 23.5. The summed E-state index contributed by atoms with van der Waals surface area (Å²) in [5, 5.41) is 3.34. The number of nitrogens with one attached hydrogen (secondary N) is 1. The van der Waals surface area contributed by atoms with Crippen molar-refractivity contribution in [1.29, 1.82) is 0 Å². The lowest BCUT2D eigenvalue weighted by atomic mass is 10.0. The van der Waals surface area contributed by atoms with Crippen LogP contribution in [0.4, 0.5) is 5.69 Å². The molecule has 4 heteroatoms. The molecular weight excluding hydrogens is 282 g/mol. The Labute approximate surface area is 126 Å². The molecule has 0 aliphatic rings. The van der Waals surface area contributed by atoms with E-state index < -0.39 is 9.84 Å². The second-order valence-electron chi connectivity index (χ2n) is 5.12. The van der Waals surface area contributed by atoms with Crippen LogP contribution in [0, 0.1) is 0 Å². The van der Waals surface area contributed by atoms with Crippen molar-refractivity contribution in [3.63, 3.8) is 0 Å². The maximum atomic E-state index is 11.7. The normalized spacial score (nSPS) is 12.9. The summed E-state index contributed by atoms with van der Waals surface area (Å²) in [7, 11) is -3.12. The molecule has 3 nitrogen and oxygen atoms in total. The largest absolute Gasteiger partial charge is 0.384 e. The fourth-order valence-corrected chi connectivity index (χ4v) is 3.00. The molecule has 21 heavy (non-hydrogen) atoms. The Bertz CT molecular complexity index is 664. The Morgan fingerprint density at radius 1 is 1.00 bits per heavy atom. The first-order valence-electron chi connectivity index (χ1n) is 7.14. The minimum Gasteiger partial charge on any atom is -0.384 e. The molecule has 112 valence electrons. The average Bonchev–Trinajstić information content (AvgIpc) is 2.54. The molecule has 1 unspecified atom stereocenters. The van der Waals surface area contributed by atoms with E-state index in [1.165, 1.54) is 5.56 Å². The van der Waals surface area contributed by atoms with Crippen molar-refractivity contribution in [1.82, 2.24) is 0 Å². The molecule has 1 N–H and O–H groups in total. The van der Waals surface area contributed by atoms with Gasteiger partial charge in [-0.25, -0.2) is 8.42 Å². The monoisotopic (exact) mass is 303 g/mol. The van der Waals surface area contributed by atoms with Gasteiger partial charge in [-0.1, -0.05) is 44.2 Å². The van der Waals surface area contributed by atoms with Crippen LogP contribution in [0.15, 0.2) is 59.5 Å². The number of sulfone groups is 1. The molecule has 0 fully saturated rings. The Morgan fingerprint density at radius 3 is 2.19 bits per heavy atom. The molecule has 2 aromatic rings. The van der Waals surface area contributed by atoms with Crippen LogP contribution in [0.25, 0.3) is 0 Å². The first-order valence-corrected chi connectivity index (χ1v) is 8.80. The van der Waals surface area contributed by atoms with Crippen molar-refractivity contribution >= 4 is 15.5 Å². The number of hydrogen-bond donors (Lipinski definition) is 1. The zero-order valence-corrected chi connectivity index (χ0v) is 13.2. The Kier molecular flexibility index (Phi) is 5.02. The fraction of sp³-hybridized carbons (Fsp3) is 0.294. The molecule has 0 radical (unpaired) electrons. The molecule has 0 heterocycles. The van der Waals surface area contributed by atoms with Gasteiger partial charge in [-0.2, -0.15) is 0 Å². The van der Waals surface area contributed by atoms with Crippen LogP contribution < -0.4 is 5.32 Å². The van der Waals surface area contributed by atoms with Crippen molar-refractivity contribution in [2.24, 2.45) is 0 Å². The number of anilines is 1. The zero-order chi connectivity index (χ0) is 15.3. The van der Waals surface area contributed by atoms with Crippen molar-refractivity contribution in [2.45, 2.75) is 24.7 Å². The van der Waals surface area contributed by atoms with E-state index in [-0.39, 0.29) is 5.75 Å². The summed E-state index contributed by atoms with van der Waals surface area (Å²) in [6.07, 6.45) is 0. The molecule has 1 atom stereocenters. The van der Waals surface area contributed by atoms with Crippen LogP contribution in [0.1, 0.15) is 25.3 Å². The quantitative estimate of drug-likeness (QED) is 0.885. The SMILES string of the molecule is CCS(=O)(=O)c1ccc(NCC(C)c2ccccc2)cc1. The van der Waals surface area contributed by atoms with Gasteiger partial charge in [0.25, 0.3) is 0 Å². The van der Waals surface area contributed by atoms with Crippen LogP contribution in [-0.2, 0) is 9.84 Å². The van der Waals surface area contributed by atoms with Crippen LogP contribution in [0.5, 0.6) is 0 Å². The van der Waals surface area contributed by atoms with Gasteiger partial charge < -0.3 is 5.32 Å². The van der Waals surface area contributed by atoms with Gasteiger partial charge in [0.15, 0.2) is 9.84 Å². The van der Waals surface area contributed by atoms with E-state index in [9.17, 15) is 8.42 Å². The highest BCUT2D eigenvalue weighted by Crippen LogP contribution is 2.18. The van der Waals surface area contributed by atoms with E-state index in [2.05, 4.69) is 24.4 Å². The predicted octanol–water partition coefficient (Wildman–Crippen LogP) is 3.70. The van der Waals surface area contributed by atoms with Crippen LogP contribution in [-0.4, -0.2) is 20.7 Å². The van der Waals surface area contributed by atoms with Crippen molar-refractivity contribution < 1.29 is 8.42 Å². The van der Waals surface area contributed by atoms with Crippen molar-refractivity contribution in [3.05, 3.63) is 60.2 Å². The van der Waals surface area contributed by atoms with Gasteiger partial charge in [0.1, 0.15) is 0 Å². The van der Waals surface area contributed by atoms with Gasteiger partial charge in [-0.15, -0.1) is 0 Å². The number of rotatable bonds is 6. The lowest BCUT2D eigenvalue weighted by molar-refractivity contribution is 0.597. The zero-order valence-electron chi connectivity index (χ0n) is 12.4. The Balaban J connectivity index is 1.98. The molecule has 0 aromatic heterocycles. The smallest absolute Gasteiger partial charge is 0.178 e. The third kappa shape index (κ3) is 4.08. The summed E-state index contributed by atoms with van der Waals surface area (Å²) >= 11 is 0. The van der Waals surface area contributed by atoms with E-state index in [1.54, 1.807) is 19.1 Å². The highest BCUT2D eigenvalue weighted by atomic mass is 32.2. The highest BCUT2D eigenvalue weighted by molar-refractivity contribution is 7.91. The van der Waals surface area contributed by atoms with Gasteiger partial charge in [0.2, 0.25) is 0 Å². The summed E-state index contributed by atoms with van der Waals surface area (Å²) in [6.45, 7) is 4.63. The first kappa shape index (κ1) is 15.6. The lowest BCUT2D eigenvalue weighted by Gasteiger charge is -2.14. The predicted molar refractivity (Wildman–Crippen MR) is 87.5 cm³/mol. The van der Waals surface area contributed by atoms with Crippen LogP contribution in [0.3, 0.4) is 0 Å². The molecule has 2 aromatic carbocycles. The second kappa shape index (κ2) is 6.76. The fourth-order valence-electron chi connectivity index (χ4n) is 2.12. The molecule has 0 bridgehead atoms. The molecule has 0 saturated heterocycles. The highest BCUT2D eigenvalue weighted by Gasteiger charge is 2.11. The Hall–Kier alpha value is -1.81. The van der Waals surface area contributed by atoms with Gasteiger partial charge in [0.05, 0.1) is 10.6 Å². The third-order valence-corrected chi connectivity index (χ3v) is 5.32. The van der Waals surface area contributed by atoms with Gasteiger partial charge in [-0.3, -0.25) is 0 Å². The number of benzene rings is 2. The van der Waals surface area contributed by atoms with E-state index >= 15 is 0 Å². The summed E-state index contributed by atoms with van der Waals surface area (Å²) in [6, 6.07) is 17.3. The first-order chi connectivity index (χ1) is 10.0. The minimum atomic E-state index is -3.12. The van der Waals surface area contributed by atoms with E-state index in [0.29, 0.717) is 10.8 Å². The average molecular weight is 303 g/mol. The summed E-state index contributed by atoms with van der Waals surface area (Å²) in [5.41, 5.74) is 2.23. The van der Waals surface area contributed by atoms with E-state index in [4.69, 9.17) is 0 Å². The maximum absolute atomic E-state index is 11.7. The van der Waals surface area contributed by atoms with Gasteiger partial charge in [-0.05, 0) is 35.7 Å². The lowest BCUT2D eigenvalue weighted by Crippen LogP contribution is -2.10. The van der Waals surface area contributed by atoms with Crippen molar-refractivity contribution in [3.8, 4) is 0 Å². The van der Waals surface area contributed by atoms with Gasteiger partial charge >= 0.3 is 0 Å². The third-order valence-electron chi connectivity index (χ3n) is 3.57. The Morgan fingerprint density at radius 2 is 1.62 bits per heavy atom.